The van der Waals surface area contributed by atoms with Gasteiger partial charge in [-0.3, -0.25) is 4.90 Å². The summed E-state index contributed by atoms with van der Waals surface area (Å²) in [6.45, 7) is 5.58. The van der Waals surface area contributed by atoms with Gasteiger partial charge >= 0.3 is 6.09 Å². The van der Waals surface area contributed by atoms with E-state index in [0.29, 0.717) is 29.0 Å². The highest BCUT2D eigenvalue weighted by Gasteiger charge is 2.24. The average Bonchev–Trinajstić information content (AvgIpc) is 2.76. The first-order valence-electron chi connectivity index (χ1n) is 11.0. The second-order valence-electron chi connectivity index (χ2n) is 8.23. The number of piperazine rings is 1. The minimum absolute atomic E-state index is 0.246. The lowest BCUT2D eigenvalue weighted by molar-refractivity contribution is 0.136. The molecule has 1 N–H and O–H groups in total. The first-order valence-corrected chi connectivity index (χ1v) is 12.3. The van der Waals surface area contributed by atoms with E-state index in [-0.39, 0.29) is 12.1 Å². The molecule has 0 bridgehead atoms. The largest absolute Gasteiger partial charge is 0.450 e. The van der Waals surface area contributed by atoms with Gasteiger partial charge in [0, 0.05) is 38.1 Å². The molecule has 1 aromatic rings. The summed E-state index contributed by atoms with van der Waals surface area (Å²) in [5.41, 5.74) is 1.04. The number of hydrogen-bond donors (Lipinski definition) is 1. The van der Waals surface area contributed by atoms with E-state index in [9.17, 15) is 4.79 Å². The number of carbonyl (C=O) groups excluding carboxylic acids is 1. The Balaban J connectivity index is 1.31. The van der Waals surface area contributed by atoms with Crippen LogP contribution in [-0.4, -0.2) is 62.2 Å². The van der Waals surface area contributed by atoms with E-state index >= 15 is 0 Å². The molecule has 1 aliphatic heterocycles. The molecular weight excluding hydrogens is 445 g/mol. The van der Waals surface area contributed by atoms with Crippen molar-refractivity contribution < 1.29 is 9.53 Å². The zero-order chi connectivity index (χ0) is 21.3. The molecule has 1 amide bonds. The van der Waals surface area contributed by atoms with Crippen LogP contribution in [-0.2, 0) is 4.74 Å². The summed E-state index contributed by atoms with van der Waals surface area (Å²) in [6.07, 6.45) is 6.04. The Morgan fingerprint density at radius 1 is 1.10 bits per heavy atom. The van der Waals surface area contributed by atoms with Gasteiger partial charge in [0.25, 0.3) is 0 Å². The lowest BCUT2D eigenvalue weighted by Crippen LogP contribution is -2.47. The predicted molar refractivity (Wildman–Crippen MR) is 125 cm³/mol. The summed E-state index contributed by atoms with van der Waals surface area (Å²) in [5, 5.41) is 4.26. The molecule has 0 atom stereocenters. The number of nitrogens with zero attached hydrogens (tertiary/aromatic N) is 2. The Hall–Kier alpha value is -0.880. The highest BCUT2D eigenvalue weighted by molar-refractivity contribution is 6.43. The van der Waals surface area contributed by atoms with Gasteiger partial charge in [-0.2, -0.15) is 0 Å². The maximum absolute atomic E-state index is 11.8. The SMILES string of the molecule is O=C(NC1CCC(CCN2CCN(c3cccc(Cl)c3Cl)CC2)CC1)OCCCCl. The summed E-state index contributed by atoms with van der Waals surface area (Å²) in [5.74, 6) is 1.26. The number of hydrogen-bond acceptors (Lipinski definition) is 4. The van der Waals surface area contributed by atoms with Gasteiger partial charge in [-0.25, -0.2) is 4.79 Å². The molecule has 1 aromatic carbocycles. The zero-order valence-corrected chi connectivity index (χ0v) is 19.7. The number of anilines is 1. The molecule has 0 spiro atoms. The van der Waals surface area contributed by atoms with E-state index in [1.807, 2.05) is 18.2 Å². The molecule has 0 aromatic heterocycles. The molecule has 3 rings (SSSR count). The van der Waals surface area contributed by atoms with Crippen molar-refractivity contribution in [3.63, 3.8) is 0 Å². The fraction of sp³-hybridized carbons (Fsp3) is 0.682. The first kappa shape index (κ1) is 23.8. The number of benzene rings is 1. The lowest BCUT2D eigenvalue weighted by atomic mass is 9.84. The van der Waals surface area contributed by atoms with Gasteiger partial charge < -0.3 is 15.0 Å². The summed E-state index contributed by atoms with van der Waals surface area (Å²) >= 11 is 18.1. The number of rotatable bonds is 8. The Morgan fingerprint density at radius 3 is 2.53 bits per heavy atom. The van der Waals surface area contributed by atoms with Crippen LogP contribution in [0.2, 0.25) is 10.0 Å². The monoisotopic (exact) mass is 475 g/mol. The predicted octanol–water partition coefficient (Wildman–Crippen LogP) is 5.42. The van der Waals surface area contributed by atoms with Crippen LogP contribution in [0.4, 0.5) is 10.5 Å². The summed E-state index contributed by atoms with van der Waals surface area (Å²) < 4.78 is 5.13. The number of halogens is 3. The number of alkyl halides is 1. The second-order valence-corrected chi connectivity index (χ2v) is 9.39. The van der Waals surface area contributed by atoms with Gasteiger partial charge in [-0.15, -0.1) is 11.6 Å². The molecule has 168 valence electrons. The van der Waals surface area contributed by atoms with Crippen LogP contribution < -0.4 is 10.2 Å². The topological polar surface area (TPSA) is 44.8 Å². The molecular formula is C22H32Cl3N3O2. The molecule has 30 heavy (non-hydrogen) atoms. The molecule has 5 nitrogen and oxygen atoms in total. The molecule has 1 saturated carbocycles. The molecule has 2 fully saturated rings. The summed E-state index contributed by atoms with van der Waals surface area (Å²) in [4.78, 5) is 16.6. The van der Waals surface area contributed by atoms with Crippen molar-refractivity contribution >= 4 is 46.6 Å². The average molecular weight is 477 g/mol. The summed E-state index contributed by atoms with van der Waals surface area (Å²) in [6, 6.07) is 6.08. The third-order valence-electron chi connectivity index (χ3n) is 6.18. The first-order chi connectivity index (χ1) is 14.6. The maximum atomic E-state index is 11.8. The Kier molecular flexibility index (Phi) is 9.69. The minimum Gasteiger partial charge on any atom is -0.450 e. The zero-order valence-electron chi connectivity index (χ0n) is 17.4. The summed E-state index contributed by atoms with van der Waals surface area (Å²) in [7, 11) is 0. The number of nitrogens with one attached hydrogen (secondary N) is 1. The third kappa shape index (κ3) is 7.08. The van der Waals surface area contributed by atoms with Gasteiger partial charge in [0.15, 0.2) is 0 Å². The van der Waals surface area contributed by atoms with E-state index in [0.717, 1.165) is 57.2 Å². The van der Waals surface area contributed by atoms with Crippen LogP contribution >= 0.6 is 34.8 Å². The fourth-order valence-corrected chi connectivity index (χ4v) is 4.86. The van der Waals surface area contributed by atoms with E-state index in [4.69, 9.17) is 39.5 Å². The Morgan fingerprint density at radius 2 is 1.83 bits per heavy atom. The number of ether oxygens (including phenoxy) is 1. The smallest absolute Gasteiger partial charge is 0.407 e. The number of carbonyl (C=O) groups is 1. The van der Waals surface area contributed by atoms with Crippen LogP contribution in [0.1, 0.15) is 38.5 Å². The number of amides is 1. The third-order valence-corrected chi connectivity index (χ3v) is 7.25. The van der Waals surface area contributed by atoms with E-state index < -0.39 is 0 Å². The normalized spacial score (nSPS) is 22.7. The molecule has 1 heterocycles. The molecule has 1 saturated heterocycles. The molecule has 2 aliphatic rings. The minimum atomic E-state index is -0.304. The van der Waals surface area contributed by atoms with E-state index in [1.165, 1.54) is 19.3 Å². The van der Waals surface area contributed by atoms with Crippen LogP contribution in [0.5, 0.6) is 0 Å². The van der Waals surface area contributed by atoms with Crippen LogP contribution in [0.15, 0.2) is 18.2 Å². The van der Waals surface area contributed by atoms with Crippen LogP contribution in [0.25, 0.3) is 0 Å². The van der Waals surface area contributed by atoms with Crippen molar-refractivity contribution in [1.29, 1.82) is 0 Å². The van der Waals surface area contributed by atoms with Gasteiger partial charge in [0.2, 0.25) is 0 Å². The maximum Gasteiger partial charge on any atom is 0.407 e. The Labute approximate surface area is 195 Å². The molecule has 8 heteroatoms. The van der Waals surface area contributed by atoms with Gasteiger partial charge in [-0.1, -0.05) is 29.3 Å². The van der Waals surface area contributed by atoms with Crippen molar-refractivity contribution in [2.24, 2.45) is 5.92 Å². The van der Waals surface area contributed by atoms with Crippen molar-refractivity contribution in [3.8, 4) is 0 Å². The fourth-order valence-electron chi connectivity index (χ4n) is 4.34. The van der Waals surface area contributed by atoms with Crippen molar-refractivity contribution in [1.82, 2.24) is 10.2 Å². The highest BCUT2D eigenvalue weighted by atomic mass is 35.5. The standard InChI is InChI=1S/C22H32Cl3N3O2/c23-10-2-16-30-22(29)26-18-7-5-17(6-8-18)9-11-27-12-14-28(15-13-27)20-4-1-3-19(24)21(20)25/h1,3-4,17-18H,2,5-16H2,(H,26,29). The van der Waals surface area contributed by atoms with E-state index in [2.05, 4.69) is 15.1 Å². The van der Waals surface area contributed by atoms with Crippen molar-refractivity contribution in [2.75, 3.05) is 50.1 Å². The van der Waals surface area contributed by atoms with Gasteiger partial charge in [0.1, 0.15) is 0 Å². The van der Waals surface area contributed by atoms with Gasteiger partial charge in [-0.05, 0) is 63.1 Å². The second kappa shape index (κ2) is 12.2. The van der Waals surface area contributed by atoms with Crippen LogP contribution in [0.3, 0.4) is 0 Å². The van der Waals surface area contributed by atoms with Crippen molar-refractivity contribution in [2.45, 2.75) is 44.6 Å². The lowest BCUT2D eigenvalue weighted by Gasteiger charge is -2.37. The van der Waals surface area contributed by atoms with Crippen molar-refractivity contribution in [3.05, 3.63) is 28.2 Å². The molecule has 0 unspecified atom stereocenters. The van der Waals surface area contributed by atoms with Gasteiger partial charge in [0.05, 0.1) is 22.3 Å². The quantitative estimate of drug-likeness (QED) is 0.402. The Bertz CT molecular complexity index is 676. The number of alkyl carbamates (subject to hydrolysis) is 1. The highest BCUT2D eigenvalue weighted by Crippen LogP contribution is 2.33. The van der Waals surface area contributed by atoms with E-state index in [1.54, 1.807) is 0 Å². The molecule has 1 aliphatic carbocycles. The molecule has 0 radical (unpaired) electrons. The van der Waals surface area contributed by atoms with Crippen LogP contribution in [0, 0.1) is 5.92 Å².